The van der Waals surface area contributed by atoms with Crippen LogP contribution in [0.5, 0.6) is 11.5 Å². The lowest BCUT2D eigenvalue weighted by Crippen LogP contribution is -2.35. The van der Waals surface area contributed by atoms with E-state index >= 15 is 0 Å². The number of ether oxygens (including phenoxy) is 2. The highest BCUT2D eigenvalue weighted by Gasteiger charge is 2.29. The fourth-order valence-corrected chi connectivity index (χ4v) is 3.20. The van der Waals surface area contributed by atoms with Gasteiger partial charge in [0.05, 0.1) is 18.9 Å². The zero-order chi connectivity index (χ0) is 17.2. The normalized spacial score (nSPS) is 22.0. The van der Waals surface area contributed by atoms with E-state index < -0.39 is 0 Å². The summed E-state index contributed by atoms with van der Waals surface area (Å²) in [5.74, 6) is 3.01. The summed E-state index contributed by atoms with van der Waals surface area (Å²) in [7, 11) is 0. The molecule has 25 heavy (non-hydrogen) atoms. The Kier molecular flexibility index (Phi) is 4.31. The van der Waals surface area contributed by atoms with E-state index in [1.165, 1.54) is 0 Å². The lowest BCUT2D eigenvalue weighted by Gasteiger charge is -2.32. The first-order valence-corrected chi connectivity index (χ1v) is 8.70. The fourth-order valence-electron chi connectivity index (χ4n) is 3.20. The van der Waals surface area contributed by atoms with E-state index in [-0.39, 0.29) is 6.04 Å². The summed E-state index contributed by atoms with van der Waals surface area (Å²) in [4.78, 5) is 8.63. The predicted molar refractivity (Wildman–Crippen MR) is 95.8 cm³/mol. The van der Waals surface area contributed by atoms with E-state index in [0.717, 1.165) is 47.8 Å². The Bertz CT molecular complexity index is 761. The molecule has 2 aliphatic rings. The Hall–Kier alpha value is -2.54. The lowest BCUT2D eigenvalue weighted by atomic mass is 9.78. The maximum Gasteiger partial charge on any atom is 0.222 e. The van der Waals surface area contributed by atoms with Crippen LogP contribution in [-0.4, -0.2) is 29.2 Å². The van der Waals surface area contributed by atoms with Gasteiger partial charge < -0.3 is 26.3 Å². The number of nitrogens with zero attached hydrogens (tertiary/aromatic N) is 2. The smallest absolute Gasteiger partial charge is 0.222 e. The molecule has 1 aromatic heterocycles. The van der Waals surface area contributed by atoms with Gasteiger partial charge in [-0.05, 0) is 30.5 Å². The monoisotopic (exact) mass is 341 g/mol. The Morgan fingerprint density at radius 3 is 2.68 bits per heavy atom. The van der Waals surface area contributed by atoms with Crippen LogP contribution in [0.25, 0.3) is 0 Å². The van der Waals surface area contributed by atoms with Crippen LogP contribution in [-0.2, 0) is 6.54 Å². The summed E-state index contributed by atoms with van der Waals surface area (Å²) in [5, 5.41) is 3.32. The molecule has 7 heteroatoms. The highest BCUT2D eigenvalue weighted by molar-refractivity contribution is 5.46. The first-order valence-electron chi connectivity index (χ1n) is 8.70. The highest BCUT2D eigenvalue weighted by atomic mass is 16.5. The molecule has 0 atom stereocenters. The third kappa shape index (κ3) is 3.61. The fraction of sp³-hybridized carbons (Fsp3) is 0.444. The van der Waals surface area contributed by atoms with Crippen LogP contribution < -0.4 is 26.3 Å². The second kappa shape index (κ2) is 6.76. The summed E-state index contributed by atoms with van der Waals surface area (Å²) < 4.78 is 11.4. The predicted octanol–water partition coefficient (Wildman–Crippen LogP) is 2.04. The summed E-state index contributed by atoms with van der Waals surface area (Å²) in [5.41, 5.74) is 13.8. The van der Waals surface area contributed by atoms with Crippen molar-refractivity contribution in [2.24, 2.45) is 5.73 Å². The van der Waals surface area contributed by atoms with Crippen LogP contribution in [0.3, 0.4) is 0 Å². The lowest BCUT2D eigenvalue weighted by molar-refractivity contribution is 0.297. The Labute approximate surface area is 146 Å². The van der Waals surface area contributed by atoms with Crippen LogP contribution in [0.4, 0.5) is 11.8 Å². The molecule has 0 unspecified atom stereocenters. The number of anilines is 2. The molecular weight excluding hydrogens is 318 g/mol. The average Bonchev–Trinajstić information content (AvgIpc) is 2.81. The molecule has 1 aliphatic heterocycles. The van der Waals surface area contributed by atoms with Crippen molar-refractivity contribution in [3.8, 4) is 11.5 Å². The van der Waals surface area contributed by atoms with Crippen molar-refractivity contribution < 1.29 is 9.47 Å². The maximum atomic E-state index is 5.87. The molecule has 0 amide bonds. The minimum Gasteiger partial charge on any atom is -0.490 e. The Morgan fingerprint density at radius 2 is 1.88 bits per heavy atom. The molecular formula is C18H23N5O2. The van der Waals surface area contributed by atoms with Gasteiger partial charge in [0, 0.05) is 31.0 Å². The Balaban J connectivity index is 1.45. The number of nitrogens with one attached hydrogen (secondary N) is 1. The number of hydrogen-bond acceptors (Lipinski definition) is 7. The zero-order valence-corrected chi connectivity index (χ0v) is 14.1. The van der Waals surface area contributed by atoms with Crippen molar-refractivity contribution in [2.75, 3.05) is 24.3 Å². The maximum absolute atomic E-state index is 5.87. The number of aromatic nitrogens is 2. The van der Waals surface area contributed by atoms with Gasteiger partial charge in [-0.1, -0.05) is 6.07 Å². The molecule has 1 aromatic carbocycles. The first kappa shape index (κ1) is 16.0. The van der Waals surface area contributed by atoms with E-state index in [2.05, 4.69) is 15.3 Å². The number of hydrogen-bond donors (Lipinski definition) is 3. The number of benzene rings is 1. The van der Waals surface area contributed by atoms with Crippen LogP contribution in [0.2, 0.25) is 0 Å². The zero-order valence-electron chi connectivity index (χ0n) is 14.1. The van der Waals surface area contributed by atoms with Crippen LogP contribution >= 0.6 is 0 Å². The van der Waals surface area contributed by atoms with Crippen molar-refractivity contribution in [1.82, 2.24) is 9.97 Å². The van der Waals surface area contributed by atoms with Crippen LogP contribution in [0, 0.1) is 0 Å². The van der Waals surface area contributed by atoms with Crippen molar-refractivity contribution in [3.05, 3.63) is 35.5 Å². The van der Waals surface area contributed by atoms with Crippen molar-refractivity contribution in [2.45, 2.75) is 37.8 Å². The van der Waals surface area contributed by atoms with Crippen molar-refractivity contribution in [3.63, 3.8) is 0 Å². The van der Waals surface area contributed by atoms with Crippen molar-refractivity contribution >= 4 is 11.8 Å². The van der Waals surface area contributed by atoms with Gasteiger partial charge in [0.15, 0.2) is 11.5 Å². The first-order chi connectivity index (χ1) is 12.2. The molecule has 1 saturated carbocycles. The summed E-state index contributed by atoms with van der Waals surface area (Å²) in [6, 6.07) is 8.23. The SMILES string of the molecule is Nc1nc(NCc2ccc3c(c2)OCCCO3)cc(C2CC(N)C2)n1. The van der Waals surface area contributed by atoms with Gasteiger partial charge in [0.1, 0.15) is 5.82 Å². The van der Waals surface area contributed by atoms with E-state index in [9.17, 15) is 0 Å². The van der Waals surface area contributed by atoms with E-state index in [1.807, 2.05) is 24.3 Å². The van der Waals surface area contributed by atoms with E-state index in [4.69, 9.17) is 20.9 Å². The number of fused-ring (bicyclic) bond motifs is 1. The quantitative estimate of drug-likeness (QED) is 0.781. The van der Waals surface area contributed by atoms with E-state index in [1.54, 1.807) is 0 Å². The molecule has 2 aromatic rings. The molecule has 0 spiro atoms. The standard InChI is InChI=1S/C18H23N5O2/c19-13-7-12(8-13)14-9-17(23-18(20)22-14)21-10-11-2-3-15-16(6-11)25-5-1-4-24-15/h2-3,6,9,12-13H,1,4-5,7-8,10,19H2,(H3,20,21,22,23). The van der Waals surface area contributed by atoms with E-state index in [0.29, 0.717) is 31.6 Å². The summed E-state index contributed by atoms with van der Waals surface area (Å²) >= 11 is 0. The molecule has 0 saturated heterocycles. The molecule has 4 rings (SSSR count). The number of nitrogens with two attached hydrogens (primary N) is 2. The molecule has 132 valence electrons. The third-order valence-corrected chi connectivity index (χ3v) is 4.64. The molecule has 5 N–H and O–H groups in total. The van der Waals surface area contributed by atoms with Gasteiger partial charge >= 0.3 is 0 Å². The summed E-state index contributed by atoms with van der Waals surface area (Å²) in [6.45, 7) is 1.99. The van der Waals surface area contributed by atoms with Gasteiger partial charge in [-0.3, -0.25) is 0 Å². The molecule has 1 fully saturated rings. The topological polar surface area (TPSA) is 108 Å². The Morgan fingerprint density at radius 1 is 1.08 bits per heavy atom. The van der Waals surface area contributed by atoms with Gasteiger partial charge in [0.25, 0.3) is 0 Å². The van der Waals surface area contributed by atoms with Crippen LogP contribution in [0.15, 0.2) is 24.3 Å². The number of rotatable bonds is 4. The van der Waals surface area contributed by atoms with Crippen molar-refractivity contribution in [1.29, 1.82) is 0 Å². The highest BCUT2D eigenvalue weighted by Crippen LogP contribution is 2.35. The van der Waals surface area contributed by atoms with Gasteiger partial charge in [-0.15, -0.1) is 0 Å². The van der Waals surface area contributed by atoms with Gasteiger partial charge in [0.2, 0.25) is 5.95 Å². The largest absolute Gasteiger partial charge is 0.490 e. The number of nitrogen functional groups attached to an aromatic ring is 1. The molecule has 1 aliphatic carbocycles. The second-order valence-corrected chi connectivity index (χ2v) is 6.65. The van der Waals surface area contributed by atoms with Gasteiger partial charge in [-0.25, -0.2) is 4.98 Å². The summed E-state index contributed by atoms with van der Waals surface area (Å²) in [6.07, 6.45) is 2.81. The second-order valence-electron chi connectivity index (χ2n) is 6.65. The molecule has 0 radical (unpaired) electrons. The molecule has 7 nitrogen and oxygen atoms in total. The average molecular weight is 341 g/mol. The minimum atomic E-state index is 0.277. The molecule has 2 heterocycles. The molecule has 0 bridgehead atoms. The van der Waals surface area contributed by atoms with Gasteiger partial charge in [-0.2, -0.15) is 4.98 Å². The van der Waals surface area contributed by atoms with Crippen LogP contribution in [0.1, 0.15) is 36.4 Å². The third-order valence-electron chi connectivity index (χ3n) is 4.64. The minimum absolute atomic E-state index is 0.277.